The minimum atomic E-state index is 0.681. The molecule has 0 atom stereocenters. The summed E-state index contributed by atoms with van der Waals surface area (Å²) in [7, 11) is 1.66. The van der Waals surface area contributed by atoms with Gasteiger partial charge < -0.3 is 10.1 Å². The molecule has 3 rings (SSSR count). The summed E-state index contributed by atoms with van der Waals surface area (Å²) < 4.78 is 8.26. The Kier molecular flexibility index (Phi) is 3.44. The molecule has 6 heteroatoms. The molecule has 2 heterocycles. The molecule has 0 aliphatic heterocycles. The summed E-state index contributed by atoms with van der Waals surface area (Å²) in [6.07, 6.45) is 4.05. The van der Waals surface area contributed by atoms with Gasteiger partial charge in [-0.05, 0) is 28.1 Å². The molecule has 0 saturated heterocycles. The van der Waals surface area contributed by atoms with Crippen molar-refractivity contribution in [3.63, 3.8) is 0 Å². The van der Waals surface area contributed by atoms with Gasteiger partial charge in [-0.15, -0.1) is 11.3 Å². The van der Waals surface area contributed by atoms with Crippen molar-refractivity contribution >= 4 is 37.9 Å². The maximum Gasteiger partial charge on any atom is 0.193 e. The monoisotopic (exact) mass is 337 g/mol. The molecule has 0 bridgehead atoms. The van der Waals surface area contributed by atoms with Crippen LogP contribution in [0.25, 0.3) is 4.96 Å². The standard InChI is InChI=1S/C13H12BrN3OS/c1-18-10-2-3-11(14)12(6-10)15-7-9-8-17-4-5-19-13(17)16-9/h2-6,8,15H,7H2,1H3. The van der Waals surface area contributed by atoms with Gasteiger partial charge in [0.15, 0.2) is 4.96 Å². The highest BCUT2D eigenvalue weighted by molar-refractivity contribution is 9.10. The lowest BCUT2D eigenvalue weighted by Gasteiger charge is -2.09. The lowest BCUT2D eigenvalue weighted by atomic mass is 10.3. The van der Waals surface area contributed by atoms with Crippen molar-refractivity contribution in [2.75, 3.05) is 12.4 Å². The second kappa shape index (κ2) is 5.22. The van der Waals surface area contributed by atoms with E-state index in [1.165, 1.54) is 0 Å². The zero-order chi connectivity index (χ0) is 13.2. The van der Waals surface area contributed by atoms with Crippen LogP contribution < -0.4 is 10.1 Å². The molecule has 0 aliphatic carbocycles. The molecule has 0 unspecified atom stereocenters. The van der Waals surface area contributed by atoms with E-state index in [9.17, 15) is 0 Å². The number of imidazole rings is 1. The number of hydrogen-bond acceptors (Lipinski definition) is 4. The van der Waals surface area contributed by atoms with Crippen molar-refractivity contribution in [3.8, 4) is 5.75 Å². The van der Waals surface area contributed by atoms with Crippen molar-refractivity contribution in [3.05, 3.63) is 46.1 Å². The summed E-state index contributed by atoms with van der Waals surface area (Å²) in [6.45, 7) is 0.681. The van der Waals surface area contributed by atoms with Crippen LogP contribution >= 0.6 is 27.3 Å². The fraction of sp³-hybridized carbons (Fsp3) is 0.154. The van der Waals surface area contributed by atoms with E-state index in [4.69, 9.17) is 4.74 Å². The SMILES string of the molecule is COc1ccc(Br)c(NCc2cn3ccsc3n2)c1. The number of methoxy groups -OCH3 is 1. The van der Waals surface area contributed by atoms with Gasteiger partial charge in [0.1, 0.15) is 5.75 Å². The average Bonchev–Trinajstić information content (AvgIpc) is 2.98. The first-order chi connectivity index (χ1) is 9.26. The summed E-state index contributed by atoms with van der Waals surface area (Å²) in [6, 6.07) is 5.84. The van der Waals surface area contributed by atoms with Crippen molar-refractivity contribution < 1.29 is 4.74 Å². The Morgan fingerprint density at radius 2 is 2.37 bits per heavy atom. The summed E-state index contributed by atoms with van der Waals surface area (Å²) in [4.78, 5) is 5.55. The predicted octanol–water partition coefficient (Wildman–Crippen LogP) is 3.78. The summed E-state index contributed by atoms with van der Waals surface area (Å²) in [5.41, 5.74) is 2.01. The van der Waals surface area contributed by atoms with Gasteiger partial charge in [-0.1, -0.05) is 0 Å². The molecule has 0 aliphatic rings. The number of benzene rings is 1. The van der Waals surface area contributed by atoms with Gasteiger partial charge in [0.05, 0.1) is 25.0 Å². The van der Waals surface area contributed by atoms with E-state index in [-0.39, 0.29) is 0 Å². The number of nitrogens with zero attached hydrogens (tertiary/aromatic N) is 2. The number of thiazole rings is 1. The van der Waals surface area contributed by atoms with Crippen molar-refractivity contribution in [1.82, 2.24) is 9.38 Å². The Hall–Kier alpha value is -1.53. The van der Waals surface area contributed by atoms with Gasteiger partial charge in [0.2, 0.25) is 0 Å². The largest absolute Gasteiger partial charge is 0.497 e. The van der Waals surface area contributed by atoms with Crippen molar-refractivity contribution in [2.45, 2.75) is 6.54 Å². The lowest BCUT2D eigenvalue weighted by molar-refractivity contribution is 0.415. The van der Waals surface area contributed by atoms with Gasteiger partial charge in [-0.25, -0.2) is 4.98 Å². The third-order valence-electron chi connectivity index (χ3n) is 2.78. The summed E-state index contributed by atoms with van der Waals surface area (Å²) >= 11 is 5.15. The van der Waals surface area contributed by atoms with E-state index < -0.39 is 0 Å². The van der Waals surface area contributed by atoms with Crippen LogP contribution in [0.5, 0.6) is 5.75 Å². The smallest absolute Gasteiger partial charge is 0.193 e. The van der Waals surface area contributed by atoms with Crippen LogP contribution in [-0.4, -0.2) is 16.5 Å². The molecule has 0 radical (unpaired) electrons. The molecule has 98 valence electrons. The van der Waals surface area contributed by atoms with Crippen LogP contribution in [0.3, 0.4) is 0 Å². The Bertz CT molecular complexity index is 678. The third-order valence-corrected chi connectivity index (χ3v) is 4.24. The summed E-state index contributed by atoms with van der Waals surface area (Å²) in [5, 5.41) is 5.38. The molecular formula is C13H12BrN3OS. The number of aromatic nitrogens is 2. The maximum absolute atomic E-state index is 5.22. The van der Waals surface area contributed by atoms with E-state index in [1.54, 1.807) is 18.4 Å². The highest BCUT2D eigenvalue weighted by Gasteiger charge is 2.05. The minimum Gasteiger partial charge on any atom is -0.497 e. The molecule has 1 N–H and O–H groups in total. The topological polar surface area (TPSA) is 38.6 Å². The van der Waals surface area contributed by atoms with Gasteiger partial charge in [-0.2, -0.15) is 0 Å². The first-order valence-electron chi connectivity index (χ1n) is 5.75. The first kappa shape index (κ1) is 12.5. The van der Waals surface area contributed by atoms with E-state index in [0.717, 1.165) is 26.6 Å². The highest BCUT2D eigenvalue weighted by atomic mass is 79.9. The number of ether oxygens (including phenoxy) is 1. The van der Waals surface area contributed by atoms with E-state index in [0.29, 0.717) is 6.54 Å². The molecule has 2 aromatic heterocycles. The summed E-state index contributed by atoms with van der Waals surface area (Å²) in [5.74, 6) is 0.830. The van der Waals surface area contributed by atoms with Crippen LogP contribution in [0.1, 0.15) is 5.69 Å². The second-order valence-corrected chi connectivity index (χ2v) is 5.75. The van der Waals surface area contributed by atoms with Crippen molar-refractivity contribution in [1.29, 1.82) is 0 Å². The molecular weight excluding hydrogens is 326 g/mol. The number of hydrogen-bond donors (Lipinski definition) is 1. The van der Waals surface area contributed by atoms with Gasteiger partial charge >= 0.3 is 0 Å². The molecule has 0 spiro atoms. The number of halogens is 1. The van der Waals surface area contributed by atoms with Crippen LogP contribution in [0.2, 0.25) is 0 Å². The number of nitrogens with one attached hydrogen (secondary N) is 1. The van der Waals surface area contributed by atoms with E-state index in [1.807, 2.05) is 40.4 Å². The molecule has 0 saturated carbocycles. The Morgan fingerprint density at radius 3 is 3.16 bits per heavy atom. The second-order valence-electron chi connectivity index (χ2n) is 4.02. The zero-order valence-electron chi connectivity index (χ0n) is 10.3. The fourth-order valence-electron chi connectivity index (χ4n) is 1.81. The maximum atomic E-state index is 5.22. The van der Waals surface area contributed by atoms with Crippen LogP contribution in [0.15, 0.2) is 40.4 Å². The quantitative estimate of drug-likeness (QED) is 0.787. The van der Waals surface area contributed by atoms with E-state index >= 15 is 0 Å². The molecule has 19 heavy (non-hydrogen) atoms. The zero-order valence-corrected chi connectivity index (χ0v) is 12.7. The predicted molar refractivity (Wildman–Crippen MR) is 81.1 cm³/mol. The molecule has 0 fully saturated rings. The van der Waals surface area contributed by atoms with Crippen molar-refractivity contribution in [2.24, 2.45) is 0 Å². The minimum absolute atomic E-state index is 0.681. The van der Waals surface area contributed by atoms with Gasteiger partial charge in [0.25, 0.3) is 0 Å². The third kappa shape index (κ3) is 2.59. The number of fused-ring (bicyclic) bond motifs is 1. The molecule has 0 amide bonds. The first-order valence-corrected chi connectivity index (χ1v) is 7.42. The Morgan fingerprint density at radius 1 is 1.47 bits per heavy atom. The number of rotatable bonds is 4. The average molecular weight is 338 g/mol. The van der Waals surface area contributed by atoms with Crippen LogP contribution in [0, 0.1) is 0 Å². The Balaban J connectivity index is 1.76. The molecule has 3 aromatic rings. The number of anilines is 1. The molecule has 1 aromatic carbocycles. The van der Waals surface area contributed by atoms with E-state index in [2.05, 4.69) is 26.2 Å². The highest BCUT2D eigenvalue weighted by Crippen LogP contribution is 2.27. The lowest BCUT2D eigenvalue weighted by Crippen LogP contribution is -2.00. The normalized spacial score (nSPS) is 10.8. The van der Waals surface area contributed by atoms with Gasteiger partial charge in [-0.3, -0.25) is 4.40 Å². The van der Waals surface area contributed by atoms with Crippen LogP contribution in [-0.2, 0) is 6.54 Å². The Labute approximate surface area is 123 Å². The molecule has 4 nitrogen and oxygen atoms in total. The van der Waals surface area contributed by atoms with Gasteiger partial charge in [0, 0.05) is 28.3 Å². The van der Waals surface area contributed by atoms with Crippen LogP contribution in [0.4, 0.5) is 5.69 Å². The fourth-order valence-corrected chi connectivity index (χ4v) is 2.92.